The Bertz CT molecular complexity index is 1200. The molecule has 1 amide bonds. The predicted molar refractivity (Wildman–Crippen MR) is 112 cm³/mol. The van der Waals surface area contributed by atoms with Crippen LogP contribution in [0.5, 0.6) is 0 Å². The summed E-state index contributed by atoms with van der Waals surface area (Å²) in [5, 5.41) is 4.27. The second-order valence-corrected chi connectivity index (χ2v) is 7.90. The highest BCUT2D eigenvalue weighted by Gasteiger charge is 2.16. The first-order valence-electron chi connectivity index (χ1n) is 8.72. The van der Waals surface area contributed by atoms with Gasteiger partial charge in [0.2, 0.25) is 5.91 Å². The number of rotatable bonds is 6. The summed E-state index contributed by atoms with van der Waals surface area (Å²) < 4.78 is 0. The molecule has 0 unspecified atom stereocenters. The first-order valence-corrected chi connectivity index (χ1v) is 10.6. The number of amides is 1. The topological polar surface area (TPSA) is 91.8 Å². The number of benzene rings is 1. The van der Waals surface area contributed by atoms with Crippen LogP contribution in [0.15, 0.2) is 51.9 Å². The van der Waals surface area contributed by atoms with Crippen molar-refractivity contribution in [1.29, 1.82) is 0 Å². The molecule has 0 bridgehead atoms. The highest BCUT2D eigenvalue weighted by atomic mass is 32.2. The molecule has 0 aliphatic heterocycles. The van der Waals surface area contributed by atoms with Gasteiger partial charge in [-0.2, -0.15) is 0 Å². The van der Waals surface area contributed by atoms with E-state index in [4.69, 9.17) is 0 Å². The quantitative estimate of drug-likeness (QED) is 0.387. The second-order valence-electron chi connectivity index (χ2n) is 6.04. The number of carbonyl (C=O) groups excluding carboxylic acids is 1. The minimum absolute atomic E-state index is 0.0368. The molecule has 0 spiro atoms. The summed E-state index contributed by atoms with van der Waals surface area (Å²) in [5.41, 5.74) is 0.430. The van der Waals surface area contributed by atoms with Crippen molar-refractivity contribution in [3.63, 3.8) is 0 Å². The van der Waals surface area contributed by atoms with Gasteiger partial charge in [0, 0.05) is 11.9 Å². The Balaban J connectivity index is 1.48. The lowest BCUT2D eigenvalue weighted by Gasteiger charge is -2.20. The fourth-order valence-corrected chi connectivity index (χ4v) is 4.55. The number of H-pyrrole nitrogens is 1. The second kappa shape index (κ2) is 8.07. The normalized spacial score (nSPS) is 11.2. The number of thiophene rings is 1. The zero-order valence-electron chi connectivity index (χ0n) is 15.1. The molecule has 0 atom stereocenters. The molecule has 3 heterocycles. The van der Waals surface area contributed by atoms with E-state index in [0.29, 0.717) is 23.3 Å². The molecule has 0 saturated heterocycles. The van der Waals surface area contributed by atoms with Crippen molar-refractivity contribution in [3.05, 3.63) is 58.2 Å². The molecular formula is C19H17N5O2S2. The van der Waals surface area contributed by atoms with E-state index in [1.165, 1.54) is 18.1 Å². The average Bonchev–Trinajstić information content (AvgIpc) is 3.19. The number of para-hydroxylation sites is 1. The number of hydrogen-bond donors (Lipinski definition) is 1. The summed E-state index contributed by atoms with van der Waals surface area (Å²) in [7, 11) is 0. The van der Waals surface area contributed by atoms with E-state index in [-0.39, 0.29) is 23.8 Å². The maximum absolute atomic E-state index is 12.7. The number of aromatic nitrogens is 4. The van der Waals surface area contributed by atoms with Crippen molar-refractivity contribution < 1.29 is 4.79 Å². The molecule has 3 aromatic heterocycles. The van der Waals surface area contributed by atoms with Gasteiger partial charge in [0.15, 0.2) is 0 Å². The summed E-state index contributed by atoms with van der Waals surface area (Å²) in [6.07, 6.45) is 1.52. The predicted octanol–water partition coefficient (Wildman–Crippen LogP) is 3.07. The van der Waals surface area contributed by atoms with Gasteiger partial charge < -0.3 is 9.88 Å². The summed E-state index contributed by atoms with van der Waals surface area (Å²) in [4.78, 5) is 43.3. The van der Waals surface area contributed by atoms with Crippen molar-refractivity contribution >= 4 is 50.1 Å². The van der Waals surface area contributed by atoms with E-state index in [1.54, 1.807) is 34.4 Å². The summed E-state index contributed by atoms with van der Waals surface area (Å²) in [5.74, 6) is 0.699. The van der Waals surface area contributed by atoms with Crippen LogP contribution in [0.2, 0.25) is 0 Å². The highest BCUT2D eigenvalue weighted by Crippen LogP contribution is 2.27. The third-order valence-corrected chi connectivity index (χ3v) is 6.11. The molecule has 0 aliphatic carbocycles. The molecular weight excluding hydrogens is 394 g/mol. The van der Waals surface area contributed by atoms with Crippen LogP contribution in [-0.2, 0) is 11.3 Å². The minimum Gasteiger partial charge on any atom is -0.335 e. The zero-order chi connectivity index (χ0) is 19.5. The third kappa shape index (κ3) is 3.76. The summed E-state index contributed by atoms with van der Waals surface area (Å²) in [6.45, 7) is 2.69. The summed E-state index contributed by atoms with van der Waals surface area (Å²) >= 11 is 2.94. The molecule has 0 aliphatic rings. The number of thioether (sulfide) groups is 1. The van der Waals surface area contributed by atoms with Gasteiger partial charge in [-0.05, 0) is 30.5 Å². The monoisotopic (exact) mass is 411 g/mol. The lowest BCUT2D eigenvalue weighted by Crippen LogP contribution is -2.33. The Labute approximate surface area is 168 Å². The standard InChI is InChI=1S/C19H17N5O2S2/c1-2-24(9-15-22-14-6-4-3-5-12(14)17(26)23-15)16(25)10-28-19-13-7-8-27-18(13)20-11-21-19/h3-8,11H,2,9-10H2,1H3,(H,22,23,26). The first kappa shape index (κ1) is 18.6. The third-order valence-electron chi connectivity index (χ3n) is 4.29. The van der Waals surface area contributed by atoms with Gasteiger partial charge in [-0.25, -0.2) is 15.0 Å². The Morgan fingerprint density at radius 3 is 2.93 bits per heavy atom. The maximum atomic E-state index is 12.7. The molecule has 7 nitrogen and oxygen atoms in total. The molecule has 28 heavy (non-hydrogen) atoms. The molecule has 0 fully saturated rings. The van der Waals surface area contributed by atoms with Crippen LogP contribution in [0.3, 0.4) is 0 Å². The van der Waals surface area contributed by atoms with Gasteiger partial charge >= 0.3 is 0 Å². The molecule has 142 valence electrons. The fourth-order valence-electron chi connectivity index (χ4n) is 2.87. The average molecular weight is 412 g/mol. The van der Waals surface area contributed by atoms with Gasteiger partial charge in [0.05, 0.1) is 23.2 Å². The smallest absolute Gasteiger partial charge is 0.258 e. The molecule has 0 radical (unpaired) electrons. The maximum Gasteiger partial charge on any atom is 0.258 e. The minimum atomic E-state index is -0.195. The van der Waals surface area contributed by atoms with Crippen LogP contribution in [0.4, 0.5) is 0 Å². The van der Waals surface area contributed by atoms with Crippen LogP contribution < -0.4 is 5.56 Å². The highest BCUT2D eigenvalue weighted by molar-refractivity contribution is 8.00. The lowest BCUT2D eigenvalue weighted by atomic mass is 10.2. The van der Waals surface area contributed by atoms with E-state index >= 15 is 0 Å². The number of fused-ring (bicyclic) bond motifs is 2. The van der Waals surface area contributed by atoms with Crippen LogP contribution in [0.1, 0.15) is 12.7 Å². The fraction of sp³-hybridized carbons (Fsp3) is 0.211. The van der Waals surface area contributed by atoms with E-state index in [0.717, 1.165) is 15.2 Å². The Morgan fingerprint density at radius 1 is 1.21 bits per heavy atom. The molecule has 1 N–H and O–H groups in total. The number of hydrogen-bond acceptors (Lipinski definition) is 7. The van der Waals surface area contributed by atoms with Crippen molar-refractivity contribution in [2.24, 2.45) is 0 Å². The van der Waals surface area contributed by atoms with E-state index in [2.05, 4.69) is 19.9 Å². The van der Waals surface area contributed by atoms with Crippen LogP contribution in [0.25, 0.3) is 21.1 Å². The van der Waals surface area contributed by atoms with Gasteiger partial charge in [-0.3, -0.25) is 9.59 Å². The van der Waals surface area contributed by atoms with Crippen LogP contribution >= 0.6 is 23.1 Å². The van der Waals surface area contributed by atoms with E-state index < -0.39 is 0 Å². The molecule has 1 aromatic carbocycles. The van der Waals surface area contributed by atoms with Gasteiger partial charge in [0.1, 0.15) is 22.0 Å². The zero-order valence-corrected chi connectivity index (χ0v) is 16.7. The summed E-state index contributed by atoms with van der Waals surface area (Å²) in [6, 6.07) is 9.13. The molecule has 9 heteroatoms. The van der Waals surface area contributed by atoms with Crippen molar-refractivity contribution in [3.8, 4) is 0 Å². The largest absolute Gasteiger partial charge is 0.335 e. The Hall–Kier alpha value is -2.78. The Kier molecular flexibility index (Phi) is 5.36. The number of carbonyl (C=O) groups is 1. The first-order chi connectivity index (χ1) is 13.7. The molecule has 0 saturated carbocycles. The van der Waals surface area contributed by atoms with E-state index in [1.807, 2.05) is 24.4 Å². The van der Waals surface area contributed by atoms with Gasteiger partial charge in [-0.15, -0.1) is 11.3 Å². The number of nitrogens with one attached hydrogen (secondary N) is 1. The molecule has 4 rings (SSSR count). The number of nitrogens with zero attached hydrogens (tertiary/aromatic N) is 4. The van der Waals surface area contributed by atoms with Crippen molar-refractivity contribution in [2.75, 3.05) is 12.3 Å². The van der Waals surface area contributed by atoms with Gasteiger partial charge in [0.25, 0.3) is 5.56 Å². The number of aromatic amines is 1. The van der Waals surface area contributed by atoms with Crippen molar-refractivity contribution in [2.45, 2.75) is 18.5 Å². The van der Waals surface area contributed by atoms with Crippen LogP contribution in [0, 0.1) is 0 Å². The Morgan fingerprint density at radius 2 is 2.07 bits per heavy atom. The lowest BCUT2D eigenvalue weighted by molar-refractivity contribution is -0.128. The van der Waals surface area contributed by atoms with Crippen LogP contribution in [-0.4, -0.2) is 43.0 Å². The van der Waals surface area contributed by atoms with Crippen molar-refractivity contribution in [1.82, 2.24) is 24.8 Å². The van der Waals surface area contributed by atoms with E-state index in [9.17, 15) is 9.59 Å². The van der Waals surface area contributed by atoms with Gasteiger partial charge in [-0.1, -0.05) is 23.9 Å². The SMILES string of the molecule is CCN(Cc1nc2ccccc2c(=O)[nH]1)C(=O)CSc1ncnc2sccc12. The molecule has 4 aromatic rings.